The third-order valence-electron chi connectivity index (χ3n) is 2.96. The van der Waals surface area contributed by atoms with Crippen molar-refractivity contribution in [3.63, 3.8) is 0 Å². The molecular formula is C15H13BrN2O3. The van der Waals surface area contributed by atoms with Gasteiger partial charge in [-0.05, 0) is 64.8 Å². The summed E-state index contributed by atoms with van der Waals surface area (Å²) < 4.78 is 0.633. The summed E-state index contributed by atoms with van der Waals surface area (Å²) in [5.74, 6) is -1.32. The fourth-order valence-corrected chi connectivity index (χ4v) is 2.27. The summed E-state index contributed by atoms with van der Waals surface area (Å²) in [7, 11) is 0. The predicted molar refractivity (Wildman–Crippen MR) is 84.6 cm³/mol. The first kappa shape index (κ1) is 15.1. The second kappa shape index (κ2) is 5.97. The Bertz CT molecular complexity index is 729. The van der Waals surface area contributed by atoms with Crippen molar-refractivity contribution in [3.05, 3.63) is 57.6 Å². The molecule has 0 bridgehead atoms. The van der Waals surface area contributed by atoms with E-state index in [0.29, 0.717) is 27.0 Å². The molecule has 0 fully saturated rings. The highest BCUT2D eigenvalue weighted by atomic mass is 79.9. The van der Waals surface area contributed by atoms with E-state index >= 15 is 0 Å². The number of aryl methyl sites for hydroxylation is 1. The first-order valence-electron chi connectivity index (χ1n) is 6.09. The Hall–Kier alpha value is -2.34. The van der Waals surface area contributed by atoms with Crippen LogP contribution in [-0.4, -0.2) is 17.0 Å². The van der Waals surface area contributed by atoms with Crippen molar-refractivity contribution in [3.8, 4) is 0 Å². The summed E-state index contributed by atoms with van der Waals surface area (Å²) in [4.78, 5) is 23.1. The number of carbonyl (C=O) groups excluding carboxylic acids is 1. The molecule has 2 rings (SSSR count). The molecule has 0 saturated carbocycles. The summed E-state index contributed by atoms with van der Waals surface area (Å²) >= 11 is 3.30. The molecule has 0 radical (unpaired) electrons. The fraction of sp³-hybridized carbons (Fsp3) is 0.0667. The van der Waals surface area contributed by atoms with E-state index in [0.717, 1.165) is 0 Å². The van der Waals surface area contributed by atoms with Gasteiger partial charge in [0.05, 0.1) is 11.1 Å². The highest BCUT2D eigenvalue weighted by Crippen LogP contribution is 2.22. The molecule has 5 nitrogen and oxygen atoms in total. The Kier molecular flexibility index (Phi) is 4.28. The number of benzene rings is 2. The maximum absolute atomic E-state index is 12.2. The van der Waals surface area contributed by atoms with Gasteiger partial charge in [-0.25, -0.2) is 4.79 Å². The summed E-state index contributed by atoms with van der Waals surface area (Å²) in [5.41, 5.74) is 7.98. The van der Waals surface area contributed by atoms with Crippen molar-refractivity contribution < 1.29 is 14.7 Å². The molecule has 4 N–H and O–H groups in total. The standard InChI is InChI=1S/C15H13BrN2O3/c1-8-6-9(15(20)21)2-5-13(8)18-14(19)11-7-10(17)3-4-12(11)16/h2-7H,17H2,1H3,(H,18,19)(H,20,21). The Labute approximate surface area is 129 Å². The molecule has 1 amide bonds. The van der Waals surface area contributed by atoms with Crippen LogP contribution in [0.3, 0.4) is 0 Å². The van der Waals surface area contributed by atoms with Gasteiger partial charge in [-0.15, -0.1) is 0 Å². The summed E-state index contributed by atoms with van der Waals surface area (Å²) in [6.45, 7) is 1.73. The first-order valence-corrected chi connectivity index (χ1v) is 6.88. The third kappa shape index (κ3) is 3.41. The summed E-state index contributed by atoms with van der Waals surface area (Å²) in [5, 5.41) is 11.7. The number of anilines is 2. The molecule has 0 aliphatic rings. The molecule has 0 heterocycles. The molecule has 0 unspecified atom stereocenters. The highest BCUT2D eigenvalue weighted by Gasteiger charge is 2.13. The molecule has 0 aromatic heterocycles. The molecule has 2 aromatic carbocycles. The smallest absolute Gasteiger partial charge is 0.335 e. The molecule has 0 atom stereocenters. The minimum atomic E-state index is -1.01. The maximum Gasteiger partial charge on any atom is 0.335 e. The molecule has 6 heteroatoms. The third-order valence-corrected chi connectivity index (χ3v) is 3.65. The minimum absolute atomic E-state index is 0.177. The molecule has 0 spiro atoms. The molecule has 0 aliphatic heterocycles. The number of rotatable bonds is 3. The second-order valence-corrected chi connectivity index (χ2v) is 5.38. The van der Waals surface area contributed by atoms with Crippen LogP contribution in [-0.2, 0) is 0 Å². The van der Waals surface area contributed by atoms with Gasteiger partial charge in [0.1, 0.15) is 0 Å². The number of carboxylic acids is 1. The molecular weight excluding hydrogens is 336 g/mol. The number of hydrogen-bond acceptors (Lipinski definition) is 3. The average Bonchev–Trinajstić information content (AvgIpc) is 2.43. The number of nitrogen functional groups attached to an aromatic ring is 1. The van der Waals surface area contributed by atoms with E-state index in [1.807, 2.05) is 0 Å². The van der Waals surface area contributed by atoms with Crippen LogP contribution in [0.4, 0.5) is 11.4 Å². The Morgan fingerprint density at radius 3 is 2.52 bits per heavy atom. The van der Waals surface area contributed by atoms with Crippen LogP contribution in [0.1, 0.15) is 26.3 Å². The molecule has 2 aromatic rings. The lowest BCUT2D eigenvalue weighted by Gasteiger charge is -2.10. The number of hydrogen-bond donors (Lipinski definition) is 3. The quantitative estimate of drug-likeness (QED) is 0.742. The Morgan fingerprint density at radius 2 is 1.90 bits per heavy atom. The zero-order valence-corrected chi connectivity index (χ0v) is 12.8. The summed E-state index contributed by atoms with van der Waals surface area (Å²) in [6, 6.07) is 9.47. The normalized spacial score (nSPS) is 10.2. The van der Waals surface area contributed by atoms with E-state index in [1.54, 1.807) is 31.2 Å². The van der Waals surface area contributed by atoms with Crippen molar-refractivity contribution in [1.29, 1.82) is 0 Å². The van der Waals surface area contributed by atoms with Crippen molar-refractivity contribution in [1.82, 2.24) is 0 Å². The number of carbonyl (C=O) groups is 2. The molecule has 0 saturated heterocycles. The zero-order valence-electron chi connectivity index (χ0n) is 11.2. The van der Waals surface area contributed by atoms with Crippen molar-refractivity contribution in [2.24, 2.45) is 0 Å². The lowest BCUT2D eigenvalue weighted by Crippen LogP contribution is -2.14. The van der Waals surface area contributed by atoms with E-state index in [4.69, 9.17) is 10.8 Å². The van der Waals surface area contributed by atoms with Crippen molar-refractivity contribution in [2.45, 2.75) is 6.92 Å². The van der Waals surface area contributed by atoms with Crippen LogP contribution in [0.2, 0.25) is 0 Å². The van der Waals surface area contributed by atoms with E-state index in [1.165, 1.54) is 12.1 Å². The maximum atomic E-state index is 12.2. The van der Waals surface area contributed by atoms with Crippen LogP contribution >= 0.6 is 15.9 Å². The van der Waals surface area contributed by atoms with Gasteiger partial charge in [0.25, 0.3) is 5.91 Å². The SMILES string of the molecule is Cc1cc(C(=O)O)ccc1NC(=O)c1cc(N)ccc1Br. The first-order chi connectivity index (χ1) is 9.88. The largest absolute Gasteiger partial charge is 0.478 e. The monoisotopic (exact) mass is 348 g/mol. The highest BCUT2D eigenvalue weighted by molar-refractivity contribution is 9.10. The summed E-state index contributed by atoms with van der Waals surface area (Å²) in [6.07, 6.45) is 0. The number of carboxylic acid groups (broad SMARTS) is 1. The van der Waals surface area contributed by atoms with Gasteiger partial charge in [0, 0.05) is 15.8 Å². The van der Waals surface area contributed by atoms with Gasteiger partial charge in [0.2, 0.25) is 0 Å². The van der Waals surface area contributed by atoms with E-state index in [2.05, 4.69) is 21.2 Å². The lowest BCUT2D eigenvalue weighted by atomic mass is 10.1. The van der Waals surface area contributed by atoms with Gasteiger partial charge >= 0.3 is 5.97 Å². The number of halogens is 1. The topological polar surface area (TPSA) is 92.4 Å². The van der Waals surface area contributed by atoms with Gasteiger partial charge in [-0.2, -0.15) is 0 Å². The van der Waals surface area contributed by atoms with Gasteiger partial charge in [-0.1, -0.05) is 0 Å². The Morgan fingerprint density at radius 1 is 1.19 bits per heavy atom. The van der Waals surface area contributed by atoms with Gasteiger partial charge in [-0.3, -0.25) is 4.79 Å². The number of nitrogens with two attached hydrogens (primary N) is 1. The van der Waals surface area contributed by atoms with Crippen molar-refractivity contribution >= 4 is 39.2 Å². The number of amides is 1. The van der Waals surface area contributed by atoms with E-state index in [9.17, 15) is 9.59 Å². The van der Waals surface area contributed by atoms with Gasteiger partial charge in [0.15, 0.2) is 0 Å². The van der Waals surface area contributed by atoms with Crippen LogP contribution in [0.15, 0.2) is 40.9 Å². The van der Waals surface area contributed by atoms with E-state index < -0.39 is 5.97 Å². The lowest BCUT2D eigenvalue weighted by molar-refractivity contribution is 0.0696. The van der Waals surface area contributed by atoms with E-state index in [-0.39, 0.29) is 11.5 Å². The molecule has 108 valence electrons. The number of nitrogens with one attached hydrogen (secondary N) is 1. The number of aromatic carboxylic acids is 1. The Balaban J connectivity index is 2.27. The molecule has 21 heavy (non-hydrogen) atoms. The predicted octanol–water partition coefficient (Wildman–Crippen LogP) is 3.29. The average molecular weight is 349 g/mol. The van der Waals surface area contributed by atoms with Crippen LogP contribution in [0, 0.1) is 6.92 Å². The van der Waals surface area contributed by atoms with Crippen LogP contribution < -0.4 is 11.1 Å². The second-order valence-electron chi connectivity index (χ2n) is 4.53. The van der Waals surface area contributed by atoms with Gasteiger partial charge < -0.3 is 16.2 Å². The van der Waals surface area contributed by atoms with Crippen LogP contribution in [0.25, 0.3) is 0 Å². The van der Waals surface area contributed by atoms with Crippen molar-refractivity contribution in [2.75, 3.05) is 11.1 Å². The van der Waals surface area contributed by atoms with Crippen LogP contribution in [0.5, 0.6) is 0 Å². The minimum Gasteiger partial charge on any atom is -0.478 e. The molecule has 0 aliphatic carbocycles. The zero-order chi connectivity index (χ0) is 15.6. The fourth-order valence-electron chi connectivity index (χ4n) is 1.84.